The number of anilines is 1. The molecule has 0 saturated carbocycles. The second-order valence-corrected chi connectivity index (χ2v) is 8.13. The minimum absolute atomic E-state index is 0.0744. The molecule has 0 bridgehead atoms. The molecule has 2 aromatic carbocycles. The number of nitrogens with zero attached hydrogens (tertiary/aromatic N) is 3. The maximum Gasteiger partial charge on any atom is 0.247 e. The smallest absolute Gasteiger partial charge is 0.247 e. The van der Waals surface area contributed by atoms with Gasteiger partial charge in [-0.25, -0.2) is 4.68 Å². The fourth-order valence-corrected chi connectivity index (χ4v) is 3.82. The van der Waals surface area contributed by atoms with E-state index >= 15 is 0 Å². The average molecular weight is 481 g/mol. The van der Waals surface area contributed by atoms with Gasteiger partial charge in [0.05, 0.1) is 25.0 Å². The number of aromatic nitrogens is 2. The molecule has 0 unspecified atom stereocenters. The highest BCUT2D eigenvalue weighted by atomic mass is 35.5. The number of methoxy groups -OCH3 is 1. The average Bonchev–Trinajstić information content (AvgIpc) is 3.10. The summed E-state index contributed by atoms with van der Waals surface area (Å²) < 4.78 is 6.98. The lowest BCUT2D eigenvalue weighted by Gasteiger charge is -2.20. The SMILES string of the molecule is CCCN(CC(=O)Nc1ccccc1OC)C(=O)C=Cc1c(C)nn(Cc2ccccc2)c1Cl. The van der Waals surface area contributed by atoms with Gasteiger partial charge < -0.3 is 15.0 Å². The molecule has 0 aliphatic carbocycles. The summed E-state index contributed by atoms with van der Waals surface area (Å²) in [5.74, 6) is -0.0188. The van der Waals surface area contributed by atoms with Crippen molar-refractivity contribution in [3.63, 3.8) is 0 Å². The second-order valence-electron chi connectivity index (χ2n) is 7.77. The Labute approximate surface area is 205 Å². The van der Waals surface area contributed by atoms with Gasteiger partial charge in [-0.3, -0.25) is 9.59 Å². The summed E-state index contributed by atoms with van der Waals surface area (Å²) in [6.45, 7) is 4.71. The first-order valence-corrected chi connectivity index (χ1v) is 11.5. The zero-order chi connectivity index (χ0) is 24.5. The van der Waals surface area contributed by atoms with Crippen LogP contribution >= 0.6 is 11.6 Å². The number of hydrogen-bond donors (Lipinski definition) is 1. The van der Waals surface area contributed by atoms with Crippen LogP contribution in [0.3, 0.4) is 0 Å². The van der Waals surface area contributed by atoms with Crippen molar-refractivity contribution in [3.8, 4) is 5.75 Å². The number of ether oxygens (including phenoxy) is 1. The van der Waals surface area contributed by atoms with E-state index in [1.807, 2.05) is 50.2 Å². The maximum atomic E-state index is 12.9. The Bertz CT molecular complexity index is 1160. The third-order valence-corrected chi connectivity index (χ3v) is 5.60. The summed E-state index contributed by atoms with van der Waals surface area (Å²) in [5, 5.41) is 7.78. The van der Waals surface area contributed by atoms with Crippen molar-refractivity contribution in [1.29, 1.82) is 0 Å². The summed E-state index contributed by atoms with van der Waals surface area (Å²) in [5.41, 5.74) is 3.04. The predicted octanol–water partition coefficient (Wildman–Crippen LogP) is 4.79. The van der Waals surface area contributed by atoms with Crippen LogP contribution in [0.15, 0.2) is 60.7 Å². The molecule has 178 valence electrons. The van der Waals surface area contributed by atoms with Gasteiger partial charge in [0.1, 0.15) is 17.4 Å². The van der Waals surface area contributed by atoms with Gasteiger partial charge in [0, 0.05) is 18.2 Å². The van der Waals surface area contributed by atoms with Crippen LogP contribution in [0.25, 0.3) is 6.08 Å². The van der Waals surface area contributed by atoms with Crippen molar-refractivity contribution >= 4 is 35.2 Å². The van der Waals surface area contributed by atoms with Crippen LogP contribution in [0.4, 0.5) is 5.69 Å². The van der Waals surface area contributed by atoms with E-state index in [-0.39, 0.29) is 18.4 Å². The van der Waals surface area contributed by atoms with E-state index in [0.29, 0.717) is 35.2 Å². The number of aryl methyl sites for hydroxylation is 1. The zero-order valence-corrected chi connectivity index (χ0v) is 20.4. The molecular formula is C26H29ClN4O3. The number of carbonyl (C=O) groups excluding carboxylic acids is 2. The van der Waals surface area contributed by atoms with Crippen LogP contribution in [0.1, 0.15) is 30.2 Å². The topological polar surface area (TPSA) is 76.5 Å². The normalized spacial score (nSPS) is 10.9. The molecule has 0 saturated heterocycles. The summed E-state index contributed by atoms with van der Waals surface area (Å²) >= 11 is 6.56. The Morgan fingerprint density at radius 1 is 1.15 bits per heavy atom. The van der Waals surface area contributed by atoms with Crippen molar-refractivity contribution in [2.24, 2.45) is 0 Å². The highest BCUT2D eigenvalue weighted by Gasteiger charge is 2.17. The third kappa shape index (κ3) is 6.48. The van der Waals surface area contributed by atoms with Gasteiger partial charge in [0.2, 0.25) is 11.8 Å². The number of para-hydroxylation sites is 2. The van der Waals surface area contributed by atoms with Crippen LogP contribution in [0.5, 0.6) is 5.75 Å². The molecule has 0 aliphatic heterocycles. The van der Waals surface area contributed by atoms with Crippen molar-refractivity contribution in [2.75, 3.05) is 25.5 Å². The van der Waals surface area contributed by atoms with Gasteiger partial charge >= 0.3 is 0 Å². The number of nitrogens with one attached hydrogen (secondary N) is 1. The molecule has 2 amide bonds. The fourth-order valence-electron chi connectivity index (χ4n) is 3.53. The number of rotatable bonds is 10. The molecule has 8 heteroatoms. The largest absolute Gasteiger partial charge is 0.495 e. The van der Waals surface area contributed by atoms with Crippen molar-refractivity contribution < 1.29 is 14.3 Å². The van der Waals surface area contributed by atoms with E-state index in [9.17, 15) is 9.59 Å². The van der Waals surface area contributed by atoms with Gasteiger partial charge in [-0.1, -0.05) is 61.0 Å². The first kappa shape index (κ1) is 25.1. The van der Waals surface area contributed by atoms with Crippen molar-refractivity contribution in [3.05, 3.63) is 82.6 Å². The number of halogens is 1. The Hall–Kier alpha value is -3.58. The summed E-state index contributed by atoms with van der Waals surface area (Å²) in [4.78, 5) is 27.0. The van der Waals surface area contributed by atoms with E-state index < -0.39 is 0 Å². The number of hydrogen-bond acceptors (Lipinski definition) is 4. The molecule has 34 heavy (non-hydrogen) atoms. The molecular weight excluding hydrogens is 452 g/mol. The number of carbonyl (C=O) groups is 2. The molecule has 1 heterocycles. The summed E-state index contributed by atoms with van der Waals surface area (Å²) in [6, 6.07) is 17.0. The van der Waals surface area contributed by atoms with Crippen molar-refractivity contribution in [2.45, 2.75) is 26.8 Å². The van der Waals surface area contributed by atoms with Gasteiger partial charge in [-0.15, -0.1) is 0 Å². The molecule has 0 radical (unpaired) electrons. The molecule has 7 nitrogen and oxygen atoms in total. The fraction of sp³-hybridized carbons (Fsp3) is 0.269. The maximum absolute atomic E-state index is 12.9. The van der Waals surface area contributed by atoms with Gasteiger partial charge in [-0.05, 0) is 37.1 Å². The Morgan fingerprint density at radius 2 is 1.85 bits per heavy atom. The molecule has 1 aromatic heterocycles. The zero-order valence-electron chi connectivity index (χ0n) is 19.6. The van der Waals surface area contributed by atoms with Crippen LogP contribution in [0, 0.1) is 6.92 Å². The highest BCUT2D eigenvalue weighted by Crippen LogP contribution is 2.24. The number of benzene rings is 2. The molecule has 0 aliphatic rings. The minimum atomic E-state index is -0.301. The molecule has 0 spiro atoms. The lowest BCUT2D eigenvalue weighted by Crippen LogP contribution is -2.37. The van der Waals surface area contributed by atoms with E-state index in [2.05, 4.69) is 10.4 Å². The monoisotopic (exact) mass is 480 g/mol. The quantitative estimate of drug-likeness (QED) is 0.423. The van der Waals surface area contributed by atoms with Crippen LogP contribution in [0.2, 0.25) is 5.15 Å². The van der Waals surface area contributed by atoms with E-state index in [0.717, 1.165) is 17.7 Å². The first-order valence-electron chi connectivity index (χ1n) is 11.1. The lowest BCUT2D eigenvalue weighted by molar-refractivity contribution is -0.130. The Kier molecular flexibility index (Phi) is 8.87. The predicted molar refractivity (Wildman–Crippen MR) is 135 cm³/mol. The Balaban J connectivity index is 1.69. The van der Waals surface area contributed by atoms with E-state index in [4.69, 9.17) is 16.3 Å². The molecule has 3 aromatic rings. The lowest BCUT2D eigenvalue weighted by atomic mass is 10.2. The second kappa shape index (κ2) is 12.0. The molecule has 1 N–H and O–H groups in total. The van der Waals surface area contributed by atoms with E-state index in [1.54, 1.807) is 29.0 Å². The minimum Gasteiger partial charge on any atom is -0.495 e. The summed E-state index contributed by atoms with van der Waals surface area (Å²) in [6.07, 6.45) is 3.82. The van der Waals surface area contributed by atoms with E-state index in [1.165, 1.54) is 18.1 Å². The van der Waals surface area contributed by atoms with Gasteiger partial charge in [0.15, 0.2) is 0 Å². The third-order valence-electron chi connectivity index (χ3n) is 5.20. The molecule has 0 fully saturated rings. The molecule has 0 atom stereocenters. The molecule has 3 rings (SSSR count). The number of amides is 2. The standard InChI is InChI=1S/C26H29ClN4O3/c1-4-16-30(18-24(32)28-22-12-8-9-13-23(22)34-3)25(33)15-14-21-19(2)29-31(26(21)27)17-20-10-6-5-7-11-20/h5-15H,4,16-18H2,1-3H3,(H,28,32). The Morgan fingerprint density at radius 3 is 2.56 bits per heavy atom. The van der Waals surface area contributed by atoms with Gasteiger partial charge in [0.25, 0.3) is 0 Å². The highest BCUT2D eigenvalue weighted by molar-refractivity contribution is 6.31. The summed E-state index contributed by atoms with van der Waals surface area (Å²) in [7, 11) is 1.54. The van der Waals surface area contributed by atoms with Crippen LogP contribution in [-0.4, -0.2) is 46.7 Å². The van der Waals surface area contributed by atoms with Crippen LogP contribution in [-0.2, 0) is 16.1 Å². The van der Waals surface area contributed by atoms with Crippen molar-refractivity contribution in [1.82, 2.24) is 14.7 Å². The first-order chi connectivity index (χ1) is 16.4. The van der Waals surface area contributed by atoms with Gasteiger partial charge in [-0.2, -0.15) is 5.10 Å². The van der Waals surface area contributed by atoms with Crippen LogP contribution < -0.4 is 10.1 Å².